The molecule has 1 unspecified atom stereocenters. The molecule has 1 atom stereocenters. The van der Waals surface area contributed by atoms with E-state index in [0.29, 0.717) is 10.7 Å². The van der Waals surface area contributed by atoms with E-state index in [2.05, 4.69) is 48.1 Å². The van der Waals surface area contributed by atoms with Crippen molar-refractivity contribution in [3.05, 3.63) is 40.8 Å². The van der Waals surface area contributed by atoms with Crippen LogP contribution in [0.2, 0.25) is 0 Å². The van der Waals surface area contributed by atoms with Crippen LogP contribution >= 0.6 is 12.2 Å². The van der Waals surface area contributed by atoms with Crippen LogP contribution in [0.3, 0.4) is 0 Å². The SMILES string of the molecule is CCC(C)c1ccc(-c2c[nH]c(=S)[nH]2)cc1. The summed E-state index contributed by atoms with van der Waals surface area (Å²) < 4.78 is 0.668. The van der Waals surface area contributed by atoms with Gasteiger partial charge in [0.1, 0.15) is 0 Å². The predicted molar refractivity (Wildman–Crippen MR) is 70.1 cm³/mol. The molecule has 0 fully saturated rings. The smallest absolute Gasteiger partial charge is 0.174 e. The number of aromatic nitrogens is 2. The molecule has 3 heteroatoms. The minimum Gasteiger partial charge on any atom is -0.337 e. The predicted octanol–water partition coefficient (Wildman–Crippen LogP) is 4.25. The van der Waals surface area contributed by atoms with Crippen molar-refractivity contribution in [2.24, 2.45) is 0 Å². The molecule has 2 aromatic rings. The summed E-state index contributed by atoms with van der Waals surface area (Å²) in [5, 5.41) is 0. The van der Waals surface area contributed by atoms with Gasteiger partial charge in [0, 0.05) is 6.20 Å². The van der Waals surface area contributed by atoms with E-state index in [1.807, 2.05) is 6.20 Å². The summed E-state index contributed by atoms with van der Waals surface area (Å²) in [5.41, 5.74) is 3.60. The van der Waals surface area contributed by atoms with E-state index >= 15 is 0 Å². The maximum atomic E-state index is 5.01. The van der Waals surface area contributed by atoms with Gasteiger partial charge >= 0.3 is 0 Å². The second-order valence-corrected chi connectivity index (χ2v) is 4.50. The van der Waals surface area contributed by atoms with Gasteiger partial charge in [-0.15, -0.1) is 0 Å². The van der Waals surface area contributed by atoms with Crippen LogP contribution in [-0.4, -0.2) is 9.97 Å². The molecule has 16 heavy (non-hydrogen) atoms. The molecule has 0 amide bonds. The summed E-state index contributed by atoms with van der Waals surface area (Å²) in [7, 11) is 0. The molecule has 2 rings (SSSR count). The zero-order valence-corrected chi connectivity index (χ0v) is 10.4. The Hall–Kier alpha value is -1.35. The Balaban J connectivity index is 2.29. The molecule has 84 valence electrons. The quantitative estimate of drug-likeness (QED) is 0.761. The fourth-order valence-electron chi connectivity index (χ4n) is 1.71. The molecule has 1 aromatic heterocycles. The van der Waals surface area contributed by atoms with Gasteiger partial charge in [-0.05, 0) is 35.7 Å². The standard InChI is InChI=1S/C13H16N2S/c1-3-9(2)10-4-6-11(7-5-10)12-8-14-13(16)15-12/h4-9H,3H2,1-2H3,(H2,14,15,16). The Morgan fingerprint density at radius 2 is 1.94 bits per heavy atom. The molecule has 0 aliphatic rings. The lowest BCUT2D eigenvalue weighted by Crippen LogP contribution is -1.90. The van der Waals surface area contributed by atoms with Crippen LogP contribution in [-0.2, 0) is 0 Å². The van der Waals surface area contributed by atoms with Gasteiger partial charge in [-0.1, -0.05) is 38.1 Å². The van der Waals surface area contributed by atoms with E-state index in [1.54, 1.807) is 0 Å². The van der Waals surface area contributed by atoms with E-state index in [4.69, 9.17) is 12.2 Å². The molecule has 0 aliphatic heterocycles. The van der Waals surface area contributed by atoms with Gasteiger partial charge in [-0.2, -0.15) is 0 Å². The van der Waals surface area contributed by atoms with Crippen molar-refractivity contribution in [1.82, 2.24) is 9.97 Å². The molecule has 0 radical (unpaired) electrons. The number of hydrogen-bond donors (Lipinski definition) is 2. The second kappa shape index (κ2) is 4.66. The fraction of sp³-hybridized carbons (Fsp3) is 0.308. The molecule has 0 aliphatic carbocycles. The molecule has 2 N–H and O–H groups in total. The van der Waals surface area contributed by atoms with Gasteiger partial charge in [-0.25, -0.2) is 0 Å². The molecular weight excluding hydrogens is 216 g/mol. The average Bonchev–Trinajstić information content (AvgIpc) is 2.75. The average molecular weight is 232 g/mol. The van der Waals surface area contributed by atoms with Gasteiger partial charge in [0.25, 0.3) is 0 Å². The summed E-state index contributed by atoms with van der Waals surface area (Å²) in [4.78, 5) is 6.09. The van der Waals surface area contributed by atoms with Crippen LogP contribution in [0.1, 0.15) is 31.7 Å². The molecule has 0 spiro atoms. The Kier molecular flexibility index (Phi) is 3.25. The molecule has 0 saturated heterocycles. The summed E-state index contributed by atoms with van der Waals surface area (Å²) in [6, 6.07) is 8.65. The van der Waals surface area contributed by atoms with Crippen LogP contribution in [0, 0.1) is 4.77 Å². The minimum atomic E-state index is 0.624. The number of rotatable bonds is 3. The van der Waals surface area contributed by atoms with Crippen LogP contribution in [0.15, 0.2) is 30.5 Å². The van der Waals surface area contributed by atoms with Crippen molar-refractivity contribution in [3.8, 4) is 11.3 Å². The first-order chi connectivity index (χ1) is 7.70. The third-order valence-corrected chi connectivity index (χ3v) is 3.22. The van der Waals surface area contributed by atoms with Crippen LogP contribution in [0.25, 0.3) is 11.3 Å². The third-order valence-electron chi connectivity index (χ3n) is 3.00. The maximum Gasteiger partial charge on any atom is 0.174 e. The first-order valence-corrected chi connectivity index (χ1v) is 5.99. The summed E-state index contributed by atoms with van der Waals surface area (Å²) in [6.07, 6.45) is 3.08. The van der Waals surface area contributed by atoms with Crippen molar-refractivity contribution < 1.29 is 0 Å². The molecule has 1 aromatic carbocycles. The number of hydrogen-bond acceptors (Lipinski definition) is 1. The van der Waals surface area contributed by atoms with Crippen LogP contribution in [0.5, 0.6) is 0 Å². The van der Waals surface area contributed by atoms with Crippen LogP contribution in [0.4, 0.5) is 0 Å². The summed E-state index contributed by atoms with van der Waals surface area (Å²) in [5.74, 6) is 0.624. The monoisotopic (exact) mass is 232 g/mol. The Labute approximate surface area is 101 Å². The van der Waals surface area contributed by atoms with E-state index in [1.165, 1.54) is 17.5 Å². The van der Waals surface area contributed by atoms with Crippen molar-refractivity contribution in [2.75, 3.05) is 0 Å². The summed E-state index contributed by atoms with van der Waals surface area (Å²) >= 11 is 5.01. The highest BCUT2D eigenvalue weighted by atomic mass is 32.1. The minimum absolute atomic E-state index is 0.624. The lowest BCUT2D eigenvalue weighted by atomic mass is 9.97. The normalized spacial score (nSPS) is 12.6. The van der Waals surface area contributed by atoms with E-state index in [9.17, 15) is 0 Å². The second-order valence-electron chi connectivity index (χ2n) is 4.09. The number of nitrogens with one attached hydrogen (secondary N) is 2. The topological polar surface area (TPSA) is 31.6 Å². The van der Waals surface area contributed by atoms with E-state index < -0.39 is 0 Å². The zero-order valence-electron chi connectivity index (χ0n) is 9.58. The Morgan fingerprint density at radius 1 is 1.25 bits per heavy atom. The Bertz CT molecular complexity index is 507. The first-order valence-electron chi connectivity index (χ1n) is 5.58. The zero-order chi connectivity index (χ0) is 11.5. The lowest BCUT2D eigenvalue weighted by Gasteiger charge is -2.08. The highest BCUT2D eigenvalue weighted by Crippen LogP contribution is 2.22. The highest BCUT2D eigenvalue weighted by Gasteiger charge is 2.03. The molecule has 0 bridgehead atoms. The fourth-order valence-corrected chi connectivity index (χ4v) is 1.88. The number of benzene rings is 1. The van der Waals surface area contributed by atoms with Crippen molar-refractivity contribution in [1.29, 1.82) is 0 Å². The lowest BCUT2D eigenvalue weighted by molar-refractivity contribution is 0.734. The molecule has 0 saturated carbocycles. The van der Waals surface area contributed by atoms with Crippen LogP contribution < -0.4 is 0 Å². The van der Waals surface area contributed by atoms with E-state index in [0.717, 1.165) is 5.69 Å². The maximum absolute atomic E-state index is 5.01. The Morgan fingerprint density at radius 3 is 2.44 bits per heavy atom. The number of H-pyrrole nitrogens is 2. The summed E-state index contributed by atoms with van der Waals surface area (Å²) in [6.45, 7) is 4.46. The van der Waals surface area contributed by atoms with Gasteiger partial charge in [0.15, 0.2) is 4.77 Å². The molecule has 2 nitrogen and oxygen atoms in total. The largest absolute Gasteiger partial charge is 0.337 e. The third kappa shape index (κ3) is 2.25. The van der Waals surface area contributed by atoms with Gasteiger partial charge in [-0.3, -0.25) is 0 Å². The number of aromatic amines is 2. The highest BCUT2D eigenvalue weighted by molar-refractivity contribution is 7.71. The van der Waals surface area contributed by atoms with Gasteiger partial charge in [0.2, 0.25) is 0 Å². The first kappa shape index (κ1) is 11.1. The van der Waals surface area contributed by atoms with Crippen molar-refractivity contribution in [2.45, 2.75) is 26.2 Å². The van der Waals surface area contributed by atoms with Crippen molar-refractivity contribution in [3.63, 3.8) is 0 Å². The van der Waals surface area contributed by atoms with Gasteiger partial charge in [0.05, 0.1) is 5.69 Å². The molecular formula is C13H16N2S. The molecule has 1 heterocycles. The van der Waals surface area contributed by atoms with Gasteiger partial charge < -0.3 is 9.97 Å². The van der Waals surface area contributed by atoms with Crippen molar-refractivity contribution >= 4 is 12.2 Å². The van der Waals surface area contributed by atoms with E-state index in [-0.39, 0.29) is 0 Å². The number of imidazole rings is 1.